The standard InChI is InChI=1S/C8H20N2/c1-4-8(6-9)7-10(3)5-2/h8H,4-7,9H2,1-3H3/t8-/m1/s1. The van der Waals surface area contributed by atoms with E-state index >= 15 is 0 Å². The van der Waals surface area contributed by atoms with Crippen LogP contribution in [0.3, 0.4) is 0 Å². The van der Waals surface area contributed by atoms with Crippen LogP contribution in [0.1, 0.15) is 20.3 Å². The van der Waals surface area contributed by atoms with Crippen LogP contribution >= 0.6 is 0 Å². The highest BCUT2D eigenvalue weighted by atomic mass is 15.1. The monoisotopic (exact) mass is 144 g/mol. The van der Waals surface area contributed by atoms with Crippen LogP contribution in [0.2, 0.25) is 0 Å². The lowest BCUT2D eigenvalue weighted by molar-refractivity contribution is 0.287. The third-order valence-electron chi connectivity index (χ3n) is 2.02. The van der Waals surface area contributed by atoms with E-state index in [1.807, 2.05) is 0 Å². The van der Waals surface area contributed by atoms with E-state index in [1.165, 1.54) is 6.42 Å². The normalized spacial score (nSPS) is 14.1. The van der Waals surface area contributed by atoms with Crippen molar-refractivity contribution in [2.75, 3.05) is 26.7 Å². The summed E-state index contributed by atoms with van der Waals surface area (Å²) in [7, 11) is 2.14. The van der Waals surface area contributed by atoms with Gasteiger partial charge in [0.2, 0.25) is 0 Å². The average molecular weight is 144 g/mol. The van der Waals surface area contributed by atoms with Gasteiger partial charge >= 0.3 is 0 Å². The molecule has 0 aromatic carbocycles. The van der Waals surface area contributed by atoms with E-state index in [-0.39, 0.29) is 0 Å². The molecule has 0 fully saturated rings. The van der Waals surface area contributed by atoms with Crippen LogP contribution in [0.5, 0.6) is 0 Å². The SMILES string of the molecule is CC[C@H](CN)CN(C)CC. The van der Waals surface area contributed by atoms with Gasteiger partial charge in [-0.05, 0) is 26.1 Å². The summed E-state index contributed by atoms with van der Waals surface area (Å²) in [6, 6.07) is 0. The highest BCUT2D eigenvalue weighted by molar-refractivity contribution is 4.61. The highest BCUT2D eigenvalue weighted by Crippen LogP contribution is 2.01. The third kappa shape index (κ3) is 3.85. The second kappa shape index (κ2) is 5.69. The summed E-state index contributed by atoms with van der Waals surface area (Å²) in [5.41, 5.74) is 5.56. The van der Waals surface area contributed by atoms with Crippen molar-refractivity contribution < 1.29 is 0 Å². The molecule has 2 nitrogen and oxygen atoms in total. The zero-order valence-corrected chi connectivity index (χ0v) is 7.43. The van der Waals surface area contributed by atoms with Gasteiger partial charge in [0.25, 0.3) is 0 Å². The lowest BCUT2D eigenvalue weighted by atomic mass is 10.1. The summed E-state index contributed by atoms with van der Waals surface area (Å²) in [6.45, 7) is 7.45. The molecule has 0 heterocycles. The van der Waals surface area contributed by atoms with Crippen molar-refractivity contribution in [3.8, 4) is 0 Å². The number of nitrogens with zero attached hydrogens (tertiary/aromatic N) is 1. The first-order valence-corrected chi connectivity index (χ1v) is 4.13. The molecule has 0 saturated carbocycles. The van der Waals surface area contributed by atoms with Gasteiger partial charge in [0.15, 0.2) is 0 Å². The van der Waals surface area contributed by atoms with Gasteiger partial charge in [-0.15, -0.1) is 0 Å². The summed E-state index contributed by atoms with van der Waals surface area (Å²) in [5.74, 6) is 0.685. The Morgan fingerprint density at radius 3 is 2.30 bits per heavy atom. The van der Waals surface area contributed by atoms with E-state index in [1.54, 1.807) is 0 Å². The number of rotatable bonds is 5. The van der Waals surface area contributed by atoms with Crippen LogP contribution in [0.15, 0.2) is 0 Å². The van der Waals surface area contributed by atoms with Gasteiger partial charge in [-0.1, -0.05) is 20.3 Å². The third-order valence-corrected chi connectivity index (χ3v) is 2.02. The molecule has 1 atom stereocenters. The van der Waals surface area contributed by atoms with Crippen molar-refractivity contribution in [1.29, 1.82) is 0 Å². The van der Waals surface area contributed by atoms with E-state index in [0.29, 0.717) is 5.92 Å². The predicted molar refractivity (Wildman–Crippen MR) is 46.0 cm³/mol. The largest absolute Gasteiger partial charge is 0.330 e. The fourth-order valence-electron chi connectivity index (χ4n) is 0.940. The van der Waals surface area contributed by atoms with E-state index < -0.39 is 0 Å². The van der Waals surface area contributed by atoms with Gasteiger partial charge in [-0.25, -0.2) is 0 Å². The van der Waals surface area contributed by atoms with Crippen molar-refractivity contribution in [2.24, 2.45) is 11.7 Å². The Bertz CT molecular complexity index is 69.7. The fraction of sp³-hybridized carbons (Fsp3) is 1.00. The Hall–Kier alpha value is -0.0800. The maximum Gasteiger partial charge on any atom is 0.00184 e. The molecular weight excluding hydrogens is 124 g/mol. The average Bonchev–Trinajstić information content (AvgIpc) is 1.99. The topological polar surface area (TPSA) is 29.3 Å². The predicted octanol–water partition coefficient (Wildman–Crippen LogP) is 0.923. The molecule has 0 bridgehead atoms. The zero-order chi connectivity index (χ0) is 7.98. The van der Waals surface area contributed by atoms with E-state index in [2.05, 4.69) is 25.8 Å². The minimum absolute atomic E-state index is 0.685. The van der Waals surface area contributed by atoms with E-state index in [4.69, 9.17) is 5.73 Å². The maximum atomic E-state index is 5.56. The second-order valence-corrected chi connectivity index (χ2v) is 2.86. The Morgan fingerprint density at radius 2 is 2.00 bits per heavy atom. The molecule has 0 aliphatic carbocycles. The van der Waals surface area contributed by atoms with Gasteiger partial charge in [-0.2, -0.15) is 0 Å². The van der Waals surface area contributed by atoms with Crippen molar-refractivity contribution in [3.63, 3.8) is 0 Å². The number of hydrogen-bond acceptors (Lipinski definition) is 2. The van der Waals surface area contributed by atoms with Gasteiger partial charge in [0.05, 0.1) is 0 Å². The lowest BCUT2D eigenvalue weighted by Crippen LogP contribution is -2.29. The van der Waals surface area contributed by atoms with Crippen LogP contribution in [0, 0.1) is 5.92 Å². The maximum absolute atomic E-state index is 5.56. The van der Waals surface area contributed by atoms with Crippen LogP contribution in [0.4, 0.5) is 0 Å². The van der Waals surface area contributed by atoms with Gasteiger partial charge < -0.3 is 10.6 Å². The van der Waals surface area contributed by atoms with Gasteiger partial charge in [-0.3, -0.25) is 0 Å². The summed E-state index contributed by atoms with van der Waals surface area (Å²) >= 11 is 0. The molecular formula is C8H20N2. The van der Waals surface area contributed by atoms with Crippen LogP contribution in [-0.4, -0.2) is 31.6 Å². The minimum atomic E-state index is 0.685. The van der Waals surface area contributed by atoms with Crippen LogP contribution in [0.25, 0.3) is 0 Å². The quantitative estimate of drug-likeness (QED) is 0.622. The summed E-state index contributed by atoms with van der Waals surface area (Å²) in [5, 5.41) is 0. The second-order valence-electron chi connectivity index (χ2n) is 2.86. The molecule has 2 heteroatoms. The van der Waals surface area contributed by atoms with E-state index in [0.717, 1.165) is 19.6 Å². The molecule has 0 aliphatic rings. The van der Waals surface area contributed by atoms with Crippen LogP contribution in [-0.2, 0) is 0 Å². The Kier molecular flexibility index (Phi) is 5.64. The molecule has 62 valence electrons. The fourth-order valence-corrected chi connectivity index (χ4v) is 0.940. The molecule has 0 aromatic rings. The first-order chi connectivity index (χ1) is 4.74. The molecule has 0 aromatic heterocycles. The molecule has 0 rings (SSSR count). The smallest absolute Gasteiger partial charge is 0.00184 e. The summed E-state index contributed by atoms with van der Waals surface area (Å²) < 4.78 is 0. The number of nitrogens with two attached hydrogens (primary N) is 1. The summed E-state index contributed by atoms with van der Waals surface area (Å²) in [6.07, 6.45) is 1.20. The van der Waals surface area contributed by atoms with Gasteiger partial charge in [0.1, 0.15) is 0 Å². The first-order valence-electron chi connectivity index (χ1n) is 4.13. The molecule has 0 radical (unpaired) electrons. The molecule has 0 spiro atoms. The molecule has 2 N–H and O–H groups in total. The lowest BCUT2D eigenvalue weighted by Gasteiger charge is -2.19. The van der Waals surface area contributed by atoms with Crippen LogP contribution < -0.4 is 5.73 Å². The molecule has 10 heavy (non-hydrogen) atoms. The van der Waals surface area contributed by atoms with Crippen molar-refractivity contribution >= 4 is 0 Å². The Balaban J connectivity index is 3.41. The minimum Gasteiger partial charge on any atom is -0.330 e. The first kappa shape index (κ1) is 9.92. The zero-order valence-electron chi connectivity index (χ0n) is 7.43. The Labute approximate surface area is 64.4 Å². The van der Waals surface area contributed by atoms with Gasteiger partial charge in [0, 0.05) is 6.54 Å². The molecule has 0 unspecified atom stereocenters. The van der Waals surface area contributed by atoms with E-state index in [9.17, 15) is 0 Å². The Morgan fingerprint density at radius 1 is 1.40 bits per heavy atom. The molecule has 0 amide bonds. The van der Waals surface area contributed by atoms with Crippen molar-refractivity contribution in [1.82, 2.24) is 4.90 Å². The molecule has 0 saturated heterocycles. The van der Waals surface area contributed by atoms with Crippen molar-refractivity contribution in [3.05, 3.63) is 0 Å². The van der Waals surface area contributed by atoms with Crippen molar-refractivity contribution in [2.45, 2.75) is 20.3 Å². The summed E-state index contributed by atoms with van der Waals surface area (Å²) in [4.78, 5) is 2.31. The molecule has 0 aliphatic heterocycles. The highest BCUT2D eigenvalue weighted by Gasteiger charge is 2.04. The number of hydrogen-bond donors (Lipinski definition) is 1.